The van der Waals surface area contributed by atoms with Gasteiger partial charge in [0.25, 0.3) is 0 Å². The fourth-order valence-corrected chi connectivity index (χ4v) is 4.83. The van der Waals surface area contributed by atoms with Gasteiger partial charge in [-0.1, -0.05) is 12.1 Å². The van der Waals surface area contributed by atoms with Gasteiger partial charge in [-0.25, -0.2) is 4.39 Å². The second-order valence-corrected chi connectivity index (χ2v) is 9.26. The molecule has 3 heterocycles. The number of pyridine rings is 1. The summed E-state index contributed by atoms with van der Waals surface area (Å²) in [5.41, 5.74) is 8.18. The Morgan fingerprint density at radius 3 is 2.61 bits per heavy atom. The molecule has 3 aromatic rings. The lowest BCUT2D eigenvalue weighted by molar-refractivity contribution is 0.324. The highest BCUT2D eigenvalue weighted by molar-refractivity contribution is 5.31. The summed E-state index contributed by atoms with van der Waals surface area (Å²) >= 11 is 0. The number of halogens is 1. The quantitative estimate of drug-likeness (QED) is 0.528. The Bertz CT molecular complexity index is 1070. The van der Waals surface area contributed by atoms with Crippen molar-refractivity contribution in [1.29, 1.82) is 0 Å². The highest BCUT2D eigenvalue weighted by Gasteiger charge is 2.27. The van der Waals surface area contributed by atoms with E-state index in [9.17, 15) is 4.39 Å². The first kappa shape index (κ1) is 21.7. The summed E-state index contributed by atoms with van der Waals surface area (Å²) in [4.78, 5) is 7.39. The zero-order valence-corrected chi connectivity index (χ0v) is 19.3. The standard InChI is InChI=1S/C26H33FN4/c1-17(2)31-20(5)25(19(4)29-31)16-30-10-9-23(15-30)26-14-22(11-18(3)28-26)12-21-7-6-8-24(27)13-21/h6-8,11,13-14,17,23H,9-10,12,15-16H2,1-5H3. The lowest BCUT2D eigenvalue weighted by Crippen LogP contribution is -2.21. The molecule has 1 aliphatic rings. The molecule has 0 radical (unpaired) electrons. The van der Waals surface area contributed by atoms with Crippen LogP contribution in [0.2, 0.25) is 0 Å². The van der Waals surface area contributed by atoms with Gasteiger partial charge in [-0.15, -0.1) is 0 Å². The normalized spacial score (nSPS) is 17.1. The van der Waals surface area contributed by atoms with Crippen molar-refractivity contribution in [2.24, 2.45) is 0 Å². The molecule has 0 N–H and O–H groups in total. The Morgan fingerprint density at radius 2 is 1.90 bits per heavy atom. The Hall–Kier alpha value is -2.53. The van der Waals surface area contributed by atoms with Gasteiger partial charge in [-0.2, -0.15) is 5.10 Å². The van der Waals surface area contributed by atoms with Crippen LogP contribution in [0.1, 0.15) is 71.7 Å². The van der Waals surface area contributed by atoms with Crippen LogP contribution in [0.3, 0.4) is 0 Å². The summed E-state index contributed by atoms with van der Waals surface area (Å²) in [7, 11) is 0. The van der Waals surface area contributed by atoms with E-state index in [2.05, 4.69) is 56.3 Å². The van der Waals surface area contributed by atoms with Crippen molar-refractivity contribution in [3.63, 3.8) is 0 Å². The zero-order chi connectivity index (χ0) is 22.1. The zero-order valence-electron chi connectivity index (χ0n) is 19.3. The average molecular weight is 421 g/mol. The van der Waals surface area contributed by atoms with Gasteiger partial charge < -0.3 is 0 Å². The van der Waals surface area contributed by atoms with E-state index >= 15 is 0 Å². The van der Waals surface area contributed by atoms with Crippen LogP contribution >= 0.6 is 0 Å². The average Bonchev–Trinajstić information content (AvgIpc) is 3.28. The van der Waals surface area contributed by atoms with Gasteiger partial charge in [-0.05, 0) is 89.4 Å². The van der Waals surface area contributed by atoms with Crippen molar-refractivity contribution in [3.05, 3.63) is 81.7 Å². The lowest BCUT2D eigenvalue weighted by atomic mass is 9.98. The van der Waals surface area contributed by atoms with Crippen LogP contribution in [0.15, 0.2) is 36.4 Å². The molecule has 164 valence electrons. The first-order chi connectivity index (χ1) is 14.8. The maximum absolute atomic E-state index is 13.6. The van der Waals surface area contributed by atoms with Crippen LogP contribution in [0, 0.1) is 26.6 Å². The van der Waals surface area contributed by atoms with Crippen molar-refractivity contribution in [1.82, 2.24) is 19.7 Å². The Labute approximate surface area is 185 Å². The molecular weight excluding hydrogens is 387 g/mol. The number of benzene rings is 1. The number of aryl methyl sites for hydroxylation is 2. The molecule has 1 saturated heterocycles. The fraction of sp³-hybridized carbons (Fsp3) is 0.462. The van der Waals surface area contributed by atoms with Gasteiger partial charge >= 0.3 is 0 Å². The number of nitrogens with zero attached hydrogens (tertiary/aromatic N) is 4. The molecular formula is C26H33FN4. The molecule has 2 aromatic heterocycles. The molecule has 1 unspecified atom stereocenters. The molecule has 1 atom stereocenters. The SMILES string of the molecule is Cc1cc(Cc2cccc(F)c2)cc(C2CCN(Cc3c(C)nn(C(C)C)c3C)C2)n1. The van der Waals surface area contributed by atoms with Crippen molar-refractivity contribution >= 4 is 0 Å². The molecule has 1 aromatic carbocycles. The lowest BCUT2D eigenvalue weighted by Gasteiger charge is -2.17. The van der Waals surface area contributed by atoms with Crippen molar-refractivity contribution < 1.29 is 4.39 Å². The van der Waals surface area contributed by atoms with Crippen LogP contribution < -0.4 is 0 Å². The first-order valence-electron chi connectivity index (χ1n) is 11.3. The summed E-state index contributed by atoms with van der Waals surface area (Å²) in [6.45, 7) is 13.8. The van der Waals surface area contributed by atoms with Gasteiger partial charge in [-0.3, -0.25) is 14.6 Å². The Morgan fingerprint density at radius 1 is 1.10 bits per heavy atom. The van der Waals surface area contributed by atoms with E-state index in [1.807, 2.05) is 6.07 Å². The molecule has 0 bridgehead atoms. The fourth-order valence-electron chi connectivity index (χ4n) is 4.83. The van der Waals surface area contributed by atoms with E-state index < -0.39 is 0 Å². The molecule has 0 aliphatic carbocycles. The van der Waals surface area contributed by atoms with Crippen LogP contribution in [0.4, 0.5) is 4.39 Å². The van der Waals surface area contributed by atoms with Crippen molar-refractivity contribution in [3.8, 4) is 0 Å². The molecule has 1 aliphatic heterocycles. The third-order valence-electron chi connectivity index (χ3n) is 6.37. The molecule has 0 spiro atoms. The van der Waals surface area contributed by atoms with Gasteiger partial charge in [0.15, 0.2) is 0 Å². The van der Waals surface area contributed by atoms with Gasteiger partial charge in [0.1, 0.15) is 5.82 Å². The van der Waals surface area contributed by atoms with Crippen LogP contribution in [0.25, 0.3) is 0 Å². The maximum Gasteiger partial charge on any atom is 0.123 e. The molecule has 4 rings (SSSR count). The van der Waals surface area contributed by atoms with Crippen LogP contribution in [-0.2, 0) is 13.0 Å². The monoisotopic (exact) mass is 420 g/mol. The van der Waals surface area contributed by atoms with Crippen LogP contribution in [-0.4, -0.2) is 32.8 Å². The summed E-state index contributed by atoms with van der Waals surface area (Å²) in [5, 5.41) is 4.75. The number of rotatable bonds is 6. The van der Waals surface area contributed by atoms with Gasteiger partial charge in [0.05, 0.1) is 5.69 Å². The third kappa shape index (κ3) is 4.87. The molecule has 31 heavy (non-hydrogen) atoms. The minimum Gasteiger partial charge on any atom is -0.298 e. The molecule has 4 nitrogen and oxygen atoms in total. The second kappa shape index (κ2) is 8.91. The van der Waals surface area contributed by atoms with E-state index in [4.69, 9.17) is 10.1 Å². The summed E-state index contributed by atoms with van der Waals surface area (Å²) in [6.07, 6.45) is 1.85. The summed E-state index contributed by atoms with van der Waals surface area (Å²) < 4.78 is 15.7. The van der Waals surface area contributed by atoms with E-state index in [-0.39, 0.29) is 5.82 Å². The Balaban J connectivity index is 1.47. The predicted octanol–water partition coefficient (Wildman–Crippen LogP) is 5.50. The molecule has 1 fully saturated rings. The van der Waals surface area contributed by atoms with Crippen molar-refractivity contribution in [2.75, 3.05) is 13.1 Å². The minimum atomic E-state index is -0.179. The first-order valence-corrected chi connectivity index (χ1v) is 11.3. The third-order valence-corrected chi connectivity index (χ3v) is 6.37. The van der Waals surface area contributed by atoms with Gasteiger partial charge in [0, 0.05) is 47.7 Å². The molecule has 0 saturated carbocycles. The molecule has 5 heteroatoms. The number of hydrogen-bond donors (Lipinski definition) is 0. The number of aromatic nitrogens is 3. The smallest absolute Gasteiger partial charge is 0.123 e. The van der Waals surface area contributed by atoms with Gasteiger partial charge in [0.2, 0.25) is 0 Å². The topological polar surface area (TPSA) is 34.0 Å². The Kier molecular flexibility index (Phi) is 6.24. The van der Waals surface area contributed by atoms with E-state index in [1.54, 1.807) is 12.1 Å². The largest absolute Gasteiger partial charge is 0.298 e. The van der Waals surface area contributed by atoms with Crippen molar-refractivity contribution in [2.45, 2.75) is 66.0 Å². The number of hydrogen-bond acceptors (Lipinski definition) is 3. The maximum atomic E-state index is 13.6. The van der Waals surface area contributed by atoms with E-state index in [0.717, 1.165) is 49.4 Å². The van der Waals surface area contributed by atoms with Crippen LogP contribution in [0.5, 0.6) is 0 Å². The summed E-state index contributed by atoms with van der Waals surface area (Å²) in [6, 6.07) is 11.6. The summed E-state index contributed by atoms with van der Waals surface area (Å²) in [5.74, 6) is 0.258. The number of likely N-dealkylation sites (tertiary alicyclic amines) is 1. The highest BCUT2D eigenvalue weighted by atomic mass is 19.1. The second-order valence-electron chi connectivity index (χ2n) is 9.26. The molecule has 0 amide bonds. The highest BCUT2D eigenvalue weighted by Crippen LogP contribution is 2.30. The van der Waals surface area contributed by atoms with E-state index in [1.165, 1.54) is 28.6 Å². The predicted molar refractivity (Wildman–Crippen MR) is 123 cm³/mol. The minimum absolute atomic E-state index is 0.179. The van der Waals surface area contributed by atoms with E-state index in [0.29, 0.717) is 12.0 Å².